The van der Waals surface area contributed by atoms with Gasteiger partial charge in [0, 0.05) is 5.56 Å². The maximum Gasteiger partial charge on any atom is 0.338 e. The van der Waals surface area contributed by atoms with Crippen molar-refractivity contribution in [3.63, 3.8) is 0 Å². The number of esters is 1. The monoisotopic (exact) mass is 270 g/mol. The molecule has 0 bridgehead atoms. The second-order valence-electron chi connectivity index (χ2n) is 5.82. The Morgan fingerprint density at radius 2 is 1.70 bits per heavy atom. The third-order valence-corrected chi connectivity index (χ3v) is 3.45. The SMILES string of the molecule is COC(=O)c1cc(C=O)c2ccc(C(C)(C)C)ccc1-2. The van der Waals surface area contributed by atoms with Crippen molar-refractivity contribution in [3.05, 3.63) is 47.0 Å². The van der Waals surface area contributed by atoms with E-state index in [1.807, 2.05) is 24.3 Å². The predicted octanol–water partition coefficient (Wildman–Crippen LogP) is 3.69. The van der Waals surface area contributed by atoms with E-state index in [0.717, 1.165) is 23.0 Å². The zero-order chi connectivity index (χ0) is 14.9. The Balaban J connectivity index is 2.71. The largest absolute Gasteiger partial charge is 0.465 e. The first-order valence-electron chi connectivity index (χ1n) is 6.49. The fourth-order valence-corrected chi connectivity index (χ4v) is 2.26. The van der Waals surface area contributed by atoms with E-state index >= 15 is 0 Å². The number of fused-ring (bicyclic) bond motifs is 1. The molecule has 0 spiro atoms. The number of aldehydes is 1. The van der Waals surface area contributed by atoms with Gasteiger partial charge < -0.3 is 4.74 Å². The van der Waals surface area contributed by atoms with Gasteiger partial charge >= 0.3 is 5.97 Å². The topological polar surface area (TPSA) is 43.4 Å². The maximum absolute atomic E-state index is 11.8. The lowest BCUT2D eigenvalue weighted by Gasteiger charge is -2.17. The number of rotatable bonds is 2. The van der Waals surface area contributed by atoms with Crippen LogP contribution in [0.4, 0.5) is 0 Å². The van der Waals surface area contributed by atoms with E-state index in [2.05, 4.69) is 20.8 Å². The molecule has 0 aromatic carbocycles. The highest BCUT2D eigenvalue weighted by Crippen LogP contribution is 2.33. The fraction of sp³-hybridized carbons (Fsp3) is 0.294. The average molecular weight is 270 g/mol. The molecule has 104 valence electrons. The van der Waals surface area contributed by atoms with Crippen LogP contribution in [-0.4, -0.2) is 19.4 Å². The Bertz CT molecular complexity index is 635. The van der Waals surface area contributed by atoms with Gasteiger partial charge in [-0.25, -0.2) is 4.79 Å². The van der Waals surface area contributed by atoms with Crippen molar-refractivity contribution in [1.82, 2.24) is 0 Å². The summed E-state index contributed by atoms with van der Waals surface area (Å²) in [6.07, 6.45) is 0.769. The van der Waals surface area contributed by atoms with Crippen molar-refractivity contribution in [2.75, 3.05) is 7.11 Å². The Morgan fingerprint density at radius 1 is 1.10 bits per heavy atom. The summed E-state index contributed by atoms with van der Waals surface area (Å²) >= 11 is 0. The summed E-state index contributed by atoms with van der Waals surface area (Å²) in [5.74, 6) is -0.424. The summed E-state index contributed by atoms with van der Waals surface area (Å²) in [6, 6.07) is 9.35. The van der Waals surface area contributed by atoms with Crippen LogP contribution >= 0.6 is 0 Å². The molecular weight excluding hydrogens is 252 g/mol. The van der Waals surface area contributed by atoms with Crippen LogP contribution < -0.4 is 0 Å². The van der Waals surface area contributed by atoms with Gasteiger partial charge in [0.05, 0.1) is 12.7 Å². The highest BCUT2D eigenvalue weighted by Gasteiger charge is 2.21. The van der Waals surface area contributed by atoms with Crippen molar-refractivity contribution >= 4 is 12.3 Å². The van der Waals surface area contributed by atoms with Gasteiger partial charge in [-0.1, -0.05) is 45.0 Å². The molecule has 2 rings (SSSR count). The zero-order valence-corrected chi connectivity index (χ0v) is 12.2. The van der Waals surface area contributed by atoms with Crippen LogP contribution in [0.2, 0.25) is 0 Å². The molecule has 0 saturated heterocycles. The molecule has 0 aromatic heterocycles. The summed E-state index contributed by atoms with van der Waals surface area (Å²) in [6.45, 7) is 6.36. The molecule has 0 N–H and O–H groups in total. The number of carbonyl (C=O) groups excluding carboxylic acids is 2. The third-order valence-electron chi connectivity index (χ3n) is 3.45. The van der Waals surface area contributed by atoms with Gasteiger partial charge in [-0.05, 0) is 28.2 Å². The van der Waals surface area contributed by atoms with Crippen molar-refractivity contribution in [2.45, 2.75) is 26.2 Å². The lowest BCUT2D eigenvalue weighted by atomic mass is 9.88. The Hall–Kier alpha value is -2.16. The van der Waals surface area contributed by atoms with Crippen LogP contribution in [-0.2, 0) is 10.2 Å². The first-order chi connectivity index (χ1) is 9.38. The number of hydrogen-bond donors (Lipinski definition) is 0. The van der Waals surface area contributed by atoms with E-state index in [1.165, 1.54) is 7.11 Å². The molecule has 20 heavy (non-hydrogen) atoms. The van der Waals surface area contributed by atoms with Crippen molar-refractivity contribution in [2.24, 2.45) is 0 Å². The summed E-state index contributed by atoms with van der Waals surface area (Å²) in [7, 11) is 1.34. The molecule has 0 radical (unpaired) electrons. The minimum absolute atomic E-state index is 0.00322. The second kappa shape index (κ2) is 5.08. The van der Waals surface area contributed by atoms with E-state index in [9.17, 15) is 9.59 Å². The molecule has 0 saturated carbocycles. The molecule has 0 aliphatic heterocycles. The fourth-order valence-electron chi connectivity index (χ4n) is 2.26. The molecule has 3 heteroatoms. The van der Waals surface area contributed by atoms with Crippen molar-refractivity contribution < 1.29 is 14.3 Å². The summed E-state index contributed by atoms with van der Waals surface area (Å²) in [4.78, 5) is 23.0. The van der Waals surface area contributed by atoms with E-state index in [0.29, 0.717) is 11.1 Å². The second-order valence-corrected chi connectivity index (χ2v) is 5.82. The van der Waals surface area contributed by atoms with Crippen LogP contribution in [0.5, 0.6) is 0 Å². The van der Waals surface area contributed by atoms with Crippen molar-refractivity contribution in [3.8, 4) is 11.1 Å². The molecule has 0 atom stereocenters. The van der Waals surface area contributed by atoms with E-state index in [-0.39, 0.29) is 5.41 Å². The molecule has 0 heterocycles. The molecule has 0 aromatic rings. The summed E-state index contributed by atoms with van der Waals surface area (Å²) < 4.78 is 4.78. The highest BCUT2D eigenvalue weighted by molar-refractivity contribution is 6.04. The predicted molar refractivity (Wildman–Crippen MR) is 78.5 cm³/mol. The van der Waals surface area contributed by atoms with Gasteiger partial charge in [0.2, 0.25) is 0 Å². The molecule has 0 amide bonds. The smallest absolute Gasteiger partial charge is 0.338 e. The third kappa shape index (κ3) is 2.44. The lowest BCUT2D eigenvalue weighted by molar-refractivity contribution is 0.0602. The quantitative estimate of drug-likeness (QED) is 0.617. The molecule has 3 nitrogen and oxygen atoms in total. The average Bonchev–Trinajstić information content (AvgIpc) is 2.59. The first kappa shape index (κ1) is 14.3. The van der Waals surface area contributed by atoms with Crippen molar-refractivity contribution in [1.29, 1.82) is 0 Å². The first-order valence-corrected chi connectivity index (χ1v) is 6.49. The van der Waals surface area contributed by atoms with Gasteiger partial charge in [-0.2, -0.15) is 0 Å². The van der Waals surface area contributed by atoms with E-state index in [4.69, 9.17) is 4.74 Å². The number of ether oxygens (including phenoxy) is 1. The normalized spacial score (nSPS) is 11.4. The summed E-state index contributed by atoms with van der Waals surface area (Å²) in [5.41, 5.74) is 3.60. The van der Waals surface area contributed by atoms with Gasteiger partial charge in [0.15, 0.2) is 6.29 Å². The van der Waals surface area contributed by atoms with Gasteiger partial charge in [0.1, 0.15) is 0 Å². The molecule has 2 aliphatic rings. The molecular formula is C17H18O3. The standard InChI is InChI=1S/C17H18O3/c1-17(2,3)12-5-7-13-11(10-18)9-15(16(19)20-4)14(13)8-6-12/h5-10H,1-4H3. The van der Waals surface area contributed by atoms with Crippen LogP contribution in [0, 0.1) is 0 Å². The Morgan fingerprint density at radius 3 is 2.20 bits per heavy atom. The minimum atomic E-state index is -0.424. The van der Waals surface area contributed by atoms with Gasteiger partial charge in [-0.3, -0.25) is 4.79 Å². The number of hydrogen-bond acceptors (Lipinski definition) is 3. The van der Waals surface area contributed by atoms with E-state index < -0.39 is 5.97 Å². The maximum atomic E-state index is 11.8. The van der Waals surface area contributed by atoms with Crippen LogP contribution in [0.1, 0.15) is 47.1 Å². The minimum Gasteiger partial charge on any atom is -0.465 e. The van der Waals surface area contributed by atoms with Gasteiger partial charge in [-0.15, -0.1) is 0 Å². The molecule has 0 unspecified atom stereocenters. The van der Waals surface area contributed by atoms with E-state index in [1.54, 1.807) is 6.07 Å². The summed E-state index contributed by atoms with van der Waals surface area (Å²) in [5, 5.41) is 0. The van der Waals surface area contributed by atoms with Crippen LogP contribution in [0.3, 0.4) is 0 Å². The number of carbonyl (C=O) groups is 2. The number of methoxy groups -OCH3 is 1. The van der Waals surface area contributed by atoms with Gasteiger partial charge in [0.25, 0.3) is 0 Å². The zero-order valence-electron chi connectivity index (χ0n) is 12.2. The van der Waals surface area contributed by atoms with Crippen LogP contribution in [0.15, 0.2) is 30.3 Å². The Labute approximate surface area is 118 Å². The molecule has 0 fully saturated rings. The lowest BCUT2D eigenvalue weighted by Crippen LogP contribution is -2.09. The van der Waals surface area contributed by atoms with Crippen LogP contribution in [0.25, 0.3) is 11.1 Å². The highest BCUT2D eigenvalue weighted by atomic mass is 16.5. The molecule has 2 aliphatic carbocycles. The Kier molecular flexibility index (Phi) is 3.62.